The maximum absolute atomic E-state index is 13.0. The van der Waals surface area contributed by atoms with E-state index in [9.17, 15) is 9.59 Å². The van der Waals surface area contributed by atoms with Crippen molar-refractivity contribution in [3.63, 3.8) is 0 Å². The van der Waals surface area contributed by atoms with E-state index in [0.29, 0.717) is 22.8 Å². The summed E-state index contributed by atoms with van der Waals surface area (Å²) in [7, 11) is 0. The Labute approximate surface area is 208 Å². The van der Waals surface area contributed by atoms with Gasteiger partial charge in [-0.05, 0) is 72.8 Å². The van der Waals surface area contributed by atoms with Crippen LogP contribution in [0.5, 0.6) is 0 Å². The van der Waals surface area contributed by atoms with Crippen LogP contribution >= 0.6 is 51.1 Å². The maximum Gasteiger partial charge on any atom is 0.331 e. The van der Waals surface area contributed by atoms with Crippen LogP contribution in [0.2, 0.25) is 5.02 Å². The zero-order chi connectivity index (χ0) is 22.9. The number of oxime groups is 1. The number of thioether (sulfide) groups is 1. The highest BCUT2D eigenvalue weighted by Crippen LogP contribution is 2.29. The van der Waals surface area contributed by atoms with E-state index < -0.39 is 5.97 Å². The standard InChI is InChI=1S/C24H19BrClNO3S2/c1-16(28)30-27-23(14-15-31-20-12-6-19(26)7-13-20)24(29)17-2-8-21(9-3-17)32-22-10-4-18(25)5-11-22/h2-13H,14-15H2,1H3/b27-23+. The molecule has 8 heteroatoms. The summed E-state index contributed by atoms with van der Waals surface area (Å²) in [5.74, 6) is -0.227. The lowest BCUT2D eigenvalue weighted by atomic mass is 10.1. The van der Waals surface area contributed by atoms with Crippen LogP contribution < -0.4 is 0 Å². The van der Waals surface area contributed by atoms with Crippen molar-refractivity contribution in [2.45, 2.75) is 28.0 Å². The van der Waals surface area contributed by atoms with Crippen LogP contribution in [0.15, 0.2) is 97.1 Å². The Balaban J connectivity index is 1.66. The third-order valence-electron chi connectivity index (χ3n) is 4.13. The van der Waals surface area contributed by atoms with Gasteiger partial charge in [-0.15, -0.1) is 11.8 Å². The third-order valence-corrected chi connectivity index (χ3v) is 6.94. The summed E-state index contributed by atoms with van der Waals surface area (Å²) in [5, 5.41) is 4.49. The quantitative estimate of drug-likeness (QED) is 0.0909. The molecule has 0 spiro atoms. The monoisotopic (exact) mass is 547 g/mol. The Morgan fingerprint density at radius 1 is 0.906 bits per heavy atom. The van der Waals surface area contributed by atoms with Crippen molar-refractivity contribution in [2.24, 2.45) is 5.16 Å². The lowest BCUT2D eigenvalue weighted by molar-refractivity contribution is -0.140. The van der Waals surface area contributed by atoms with Gasteiger partial charge in [0.1, 0.15) is 5.71 Å². The molecule has 0 radical (unpaired) electrons. The number of benzene rings is 3. The summed E-state index contributed by atoms with van der Waals surface area (Å²) in [6, 6.07) is 22.8. The molecule has 3 rings (SSSR count). The molecule has 0 saturated carbocycles. The molecule has 3 aromatic rings. The number of halogens is 2. The Hall–Kier alpha value is -2.06. The van der Waals surface area contributed by atoms with Crippen molar-refractivity contribution >= 4 is 68.5 Å². The highest BCUT2D eigenvalue weighted by Gasteiger charge is 2.16. The zero-order valence-corrected chi connectivity index (χ0v) is 21.1. The SMILES string of the molecule is CC(=O)O/N=C(\CCSc1ccc(Cl)cc1)C(=O)c1ccc(Sc2ccc(Br)cc2)cc1. The van der Waals surface area contributed by atoms with Crippen LogP contribution in [-0.4, -0.2) is 23.2 Å². The molecule has 0 atom stereocenters. The normalized spacial score (nSPS) is 11.3. The number of carbonyl (C=O) groups is 2. The summed E-state index contributed by atoms with van der Waals surface area (Å²) in [6.45, 7) is 1.25. The van der Waals surface area contributed by atoms with E-state index in [1.807, 2.05) is 60.7 Å². The van der Waals surface area contributed by atoms with Gasteiger partial charge in [0, 0.05) is 48.8 Å². The molecule has 0 amide bonds. The van der Waals surface area contributed by atoms with Gasteiger partial charge in [-0.25, -0.2) is 4.79 Å². The first-order valence-electron chi connectivity index (χ1n) is 9.62. The predicted octanol–water partition coefficient (Wildman–Crippen LogP) is 7.54. The Morgan fingerprint density at radius 2 is 1.47 bits per heavy atom. The minimum absolute atomic E-state index is 0.204. The zero-order valence-electron chi connectivity index (χ0n) is 17.1. The van der Waals surface area contributed by atoms with Gasteiger partial charge in [0.15, 0.2) is 0 Å². The van der Waals surface area contributed by atoms with Crippen molar-refractivity contribution in [1.82, 2.24) is 0 Å². The van der Waals surface area contributed by atoms with E-state index >= 15 is 0 Å². The van der Waals surface area contributed by atoms with Crippen LogP contribution in [0.4, 0.5) is 0 Å². The van der Waals surface area contributed by atoms with Crippen molar-refractivity contribution in [2.75, 3.05) is 5.75 Å². The maximum atomic E-state index is 13.0. The van der Waals surface area contributed by atoms with E-state index in [-0.39, 0.29) is 11.5 Å². The van der Waals surface area contributed by atoms with Crippen LogP contribution in [-0.2, 0) is 9.63 Å². The Kier molecular flexibility index (Phi) is 9.41. The number of Topliss-reactive ketones (excluding diaryl/α,β-unsaturated/α-hetero) is 1. The van der Waals surface area contributed by atoms with Gasteiger partial charge in [-0.2, -0.15) is 0 Å². The van der Waals surface area contributed by atoms with E-state index in [4.69, 9.17) is 16.4 Å². The van der Waals surface area contributed by atoms with Crippen LogP contribution in [0.1, 0.15) is 23.7 Å². The van der Waals surface area contributed by atoms with Gasteiger partial charge >= 0.3 is 5.97 Å². The molecular weight excluding hydrogens is 530 g/mol. The van der Waals surface area contributed by atoms with Crippen molar-refractivity contribution in [1.29, 1.82) is 0 Å². The van der Waals surface area contributed by atoms with Gasteiger partial charge in [0.25, 0.3) is 0 Å². The molecule has 164 valence electrons. The molecule has 0 unspecified atom stereocenters. The summed E-state index contributed by atoms with van der Waals surface area (Å²) >= 11 is 12.5. The molecular formula is C24H19BrClNO3S2. The fourth-order valence-electron chi connectivity index (χ4n) is 2.60. The highest BCUT2D eigenvalue weighted by atomic mass is 79.9. The van der Waals surface area contributed by atoms with E-state index in [1.165, 1.54) is 6.92 Å². The Morgan fingerprint density at radius 3 is 2.06 bits per heavy atom. The van der Waals surface area contributed by atoms with Gasteiger partial charge in [-0.1, -0.05) is 44.4 Å². The number of nitrogens with zero attached hydrogens (tertiary/aromatic N) is 1. The van der Waals surface area contributed by atoms with Crippen LogP contribution in [0.3, 0.4) is 0 Å². The molecule has 0 N–H and O–H groups in total. The van der Waals surface area contributed by atoms with Crippen molar-refractivity contribution in [3.05, 3.63) is 87.9 Å². The average molecular weight is 549 g/mol. The molecule has 0 saturated heterocycles. The molecule has 0 aromatic heterocycles. The molecule has 0 aliphatic rings. The fraction of sp³-hybridized carbons (Fsp3) is 0.125. The first kappa shape index (κ1) is 24.6. The minimum atomic E-state index is -0.568. The van der Waals surface area contributed by atoms with Crippen molar-refractivity contribution in [3.8, 4) is 0 Å². The molecule has 0 heterocycles. The lowest BCUT2D eigenvalue weighted by Gasteiger charge is -2.07. The van der Waals surface area contributed by atoms with E-state index in [2.05, 4.69) is 21.1 Å². The molecule has 32 heavy (non-hydrogen) atoms. The summed E-state index contributed by atoms with van der Waals surface area (Å²) < 4.78 is 1.02. The second kappa shape index (κ2) is 12.3. The van der Waals surface area contributed by atoms with Gasteiger partial charge < -0.3 is 4.84 Å². The van der Waals surface area contributed by atoms with E-state index in [0.717, 1.165) is 19.2 Å². The molecule has 0 aliphatic heterocycles. The number of rotatable bonds is 9. The topological polar surface area (TPSA) is 55.7 Å². The summed E-state index contributed by atoms with van der Waals surface area (Å²) in [4.78, 5) is 32.1. The predicted molar refractivity (Wildman–Crippen MR) is 135 cm³/mol. The Bertz CT molecular complexity index is 1100. The number of ketones is 1. The summed E-state index contributed by atoms with van der Waals surface area (Å²) in [5.41, 5.74) is 0.697. The third kappa shape index (κ3) is 7.81. The second-order valence-electron chi connectivity index (χ2n) is 6.58. The van der Waals surface area contributed by atoms with Gasteiger partial charge in [0.05, 0.1) is 0 Å². The van der Waals surface area contributed by atoms with Gasteiger partial charge in [-0.3, -0.25) is 4.79 Å². The second-order valence-corrected chi connectivity index (χ2v) is 10.3. The largest absolute Gasteiger partial charge is 0.331 e. The highest BCUT2D eigenvalue weighted by molar-refractivity contribution is 9.10. The molecule has 4 nitrogen and oxygen atoms in total. The molecule has 0 bridgehead atoms. The van der Waals surface area contributed by atoms with Crippen LogP contribution in [0.25, 0.3) is 0 Å². The van der Waals surface area contributed by atoms with E-state index in [1.54, 1.807) is 35.7 Å². The molecule has 3 aromatic carbocycles. The molecule has 0 fully saturated rings. The average Bonchev–Trinajstić information content (AvgIpc) is 2.79. The first-order valence-corrected chi connectivity index (χ1v) is 12.6. The van der Waals surface area contributed by atoms with Crippen molar-refractivity contribution < 1.29 is 14.4 Å². The lowest BCUT2D eigenvalue weighted by Crippen LogP contribution is -2.16. The minimum Gasteiger partial charge on any atom is -0.318 e. The first-order chi connectivity index (χ1) is 15.4. The fourth-order valence-corrected chi connectivity index (χ4v) is 4.66. The smallest absolute Gasteiger partial charge is 0.318 e. The summed E-state index contributed by atoms with van der Waals surface area (Å²) in [6.07, 6.45) is 0.356. The number of hydrogen-bond donors (Lipinski definition) is 0. The number of hydrogen-bond acceptors (Lipinski definition) is 6. The molecule has 0 aliphatic carbocycles. The number of carbonyl (C=O) groups excluding carboxylic acids is 2. The van der Waals surface area contributed by atoms with Gasteiger partial charge in [0.2, 0.25) is 5.78 Å². The van der Waals surface area contributed by atoms with Crippen LogP contribution in [0, 0.1) is 0 Å².